The van der Waals surface area contributed by atoms with E-state index in [0.717, 1.165) is 23.3 Å². The van der Waals surface area contributed by atoms with Crippen molar-refractivity contribution in [2.75, 3.05) is 25.6 Å². The van der Waals surface area contributed by atoms with Gasteiger partial charge in [-0.2, -0.15) is 0 Å². The SMILES string of the molecule is CCOC(=O)c1cc(CC)sc1NC(=O)/C=C/c1ccc(OCCC(C)C)c(OC)c1. The largest absolute Gasteiger partial charge is 0.493 e. The first kappa shape index (κ1) is 24.5. The molecule has 0 fully saturated rings. The zero-order chi connectivity index (χ0) is 22.8. The summed E-state index contributed by atoms with van der Waals surface area (Å²) < 4.78 is 16.3. The Bertz CT molecular complexity index is 917. The van der Waals surface area contributed by atoms with Gasteiger partial charge in [-0.1, -0.05) is 26.8 Å². The molecular formula is C24H31NO5S. The van der Waals surface area contributed by atoms with Crippen molar-refractivity contribution in [1.29, 1.82) is 0 Å². The van der Waals surface area contributed by atoms with E-state index >= 15 is 0 Å². The lowest BCUT2D eigenvalue weighted by Crippen LogP contribution is -2.11. The molecule has 0 aliphatic heterocycles. The molecule has 2 aromatic rings. The van der Waals surface area contributed by atoms with Crippen LogP contribution in [0.3, 0.4) is 0 Å². The molecule has 0 radical (unpaired) electrons. The maximum Gasteiger partial charge on any atom is 0.341 e. The zero-order valence-corrected chi connectivity index (χ0v) is 19.6. The van der Waals surface area contributed by atoms with E-state index in [0.29, 0.717) is 34.6 Å². The summed E-state index contributed by atoms with van der Waals surface area (Å²) in [5.41, 5.74) is 1.18. The summed E-state index contributed by atoms with van der Waals surface area (Å²) in [4.78, 5) is 25.6. The summed E-state index contributed by atoms with van der Waals surface area (Å²) in [5.74, 6) is 1.09. The first-order chi connectivity index (χ1) is 14.9. The minimum absolute atomic E-state index is 0.280. The molecule has 0 spiro atoms. The van der Waals surface area contributed by atoms with Crippen LogP contribution in [0.1, 0.15) is 54.9 Å². The zero-order valence-electron chi connectivity index (χ0n) is 18.8. The number of hydrogen-bond acceptors (Lipinski definition) is 6. The van der Waals surface area contributed by atoms with Crippen molar-refractivity contribution in [1.82, 2.24) is 0 Å². The van der Waals surface area contributed by atoms with Gasteiger partial charge in [0.2, 0.25) is 5.91 Å². The highest BCUT2D eigenvalue weighted by molar-refractivity contribution is 7.16. The third-order valence-corrected chi connectivity index (χ3v) is 5.63. The molecule has 0 unspecified atom stereocenters. The molecule has 0 saturated heterocycles. The second-order valence-electron chi connectivity index (χ2n) is 7.29. The second kappa shape index (κ2) is 12.2. The molecule has 2 rings (SSSR count). The van der Waals surface area contributed by atoms with Crippen molar-refractivity contribution in [2.24, 2.45) is 5.92 Å². The predicted molar refractivity (Wildman–Crippen MR) is 125 cm³/mol. The molecule has 0 atom stereocenters. The number of esters is 1. The molecule has 6 nitrogen and oxygen atoms in total. The van der Waals surface area contributed by atoms with Gasteiger partial charge in [-0.05, 0) is 55.5 Å². The lowest BCUT2D eigenvalue weighted by atomic mass is 10.1. The number of carbonyl (C=O) groups excluding carboxylic acids is 2. The number of thiophene rings is 1. The van der Waals surface area contributed by atoms with Crippen LogP contribution in [0.2, 0.25) is 0 Å². The van der Waals surface area contributed by atoms with Gasteiger partial charge in [-0.3, -0.25) is 4.79 Å². The third-order valence-electron chi connectivity index (χ3n) is 4.43. The Morgan fingerprint density at radius 1 is 1.16 bits per heavy atom. The number of anilines is 1. The van der Waals surface area contributed by atoms with Gasteiger partial charge >= 0.3 is 5.97 Å². The van der Waals surface area contributed by atoms with Gasteiger partial charge in [0.1, 0.15) is 5.00 Å². The Morgan fingerprint density at radius 3 is 2.58 bits per heavy atom. The molecule has 0 aliphatic carbocycles. The van der Waals surface area contributed by atoms with Crippen molar-refractivity contribution >= 4 is 34.3 Å². The Morgan fingerprint density at radius 2 is 1.94 bits per heavy atom. The van der Waals surface area contributed by atoms with Gasteiger partial charge < -0.3 is 19.5 Å². The molecule has 1 aromatic carbocycles. The van der Waals surface area contributed by atoms with Gasteiger partial charge in [0, 0.05) is 11.0 Å². The van der Waals surface area contributed by atoms with Crippen LogP contribution >= 0.6 is 11.3 Å². The van der Waals surface area contributed by atoms with Crippen LogP contribution < -0.4 is 14.8 Å². The number of carbonyl (C=O) groups is 2. The minimum Gasteiger partial charge on any atom is -0.493 e. The Balaban J connectivity index is 2.08. The molecule has 0 bridgehead atoms. The van der Waals surface area contributed by atoms with Crippen LogP contribution in [-0.2, 0) is 16.0 Å². The topological polar surface area (TPSA) is 73.9 Å². The van der Waals surface area contributed by atoms with Crippen molar-refractivity contribution in [3.05, 3.63) is 46.3 Å². The molecule has 0 aliphatic rings. The lowest BCUT2D eigenvalue weighted by Gasteiger charge is -2.12. The van der Waals surface area contributed by atoms with Crippen LogP contribution in [-0.4, -0.2) is 32.2 Å². The average molecular weight is 446 g/mol. The van der Waals surface area contributed by atoms with Crippen molar-refractivity contribution in [3.8, 4) is 11.5 Å². The predicted octanol–water partition coefficient (Wildman–Crippen LogP) is 5.57. The van der Waals surface area contributed by atoms with Crippen molar-refractivity contribution in [2.45, 2.75) is 40.5 Å². The molecule has 7 heteroatoms. The second-order valence-corrected chi connectivity index (χ2v) is 8.43. The molecule has 1 N–H and O–H groups in total. The Labute approximate surface area is 188 Å². The summed E-state index contributed by atoms with van der Waals surface area (Å²) in [6, 6.07) is 7.29. The molecular weight excluding hydrogens is 414 g/mol. The number of nitrogens with one attached hydrogen (secondary N) is 1. The number of rotatable bonds is 11. The normalized spacial score (nSPS) is 11.0. The van der Waals surface area contributed by atoms with Crippen LogP contribution in [0, 0.1) is 5.92 Å². The quantitative estimate of drug-likeness (QED) is 0.361. The number of benzene rings is 1. The summed E-state index contributed by atoms with van der Waals surface area (Å²) >= 11 is 1.38. The summed E-state index contributed by atoms with van der Waals surface area (Å²) in [5, 5.41) is 3.29. The maximum atomic E-state index is 12.4. The Hall–Kier alpha value is -2.80. The standard InChI is InChI=1S/C24H31NO5S/c1-6-18-15-19(24(27)29-7-2)23(31-18)25-22(26)11-9-17-8-10-20(21(14-17)28-5)30-13-12-16(3)4/h8-11,14-16H,6-7,12-13H2,1-5H3,(H,25,26)/b11-9+. The van der Waals surface area contributed by atoms with E-state index in [9.17, 15) is 9.59 Å². The highest BCUT2D eigenvalue weighted by Crippen LogP contribution is 2.30. The third kappa shape index (κ3) is 7.43. The van der Waals surface area contributed by atoms with Crippen LogP contribution in [0.5, 0.6) is 11.5 Å². The fraction of sp³-hybridized carbons (Fsp3) is 0.417. The van der Waals surface area contributed by atoms with E-state index in [1.807, 2.05) is 25.1 Å². The van der Waals surface area contributed by atoms with Crippen molar-refractivity contribution in [3.63, 3.8) is 0 Å². The smallest absolute Gasteiger partial charge is 0.341 e. The molecule has 168 valence electrons. The molecule has 31 heavy (non-hydrogen) atoms. The van der Waals surface area contributed by atoms with Crippen LogP contribution in [0.4, 0.5) is 5.00 Å². The van der Waals surface area contributed by atoms with E-state index < -0.39 is 5.97 Å². The van der Waals surface area contributed by atoms with E-state index in [1.165, 1.54) is 17.4 Å². The minimum atomic E-state index is -0.435. The summed E-state index contributed by atoms with van der Waals surface area (Å²) in [7, 11) is 1.59. The Kier molecular flexibility index (Phi) is 9.59. The van der Waals surface area contributed by atoms with Crippen molar-refractivity contribution < 1.29 is 23.8 Å². The van der Waals surface area contributed by atoms with Gasteiger partial charge in [-0.15, -0.1) is 11.3 Å². The maximum absolute atomic E-state index is 12.4. The van der Waals surface area contributed by atoms with Gasteiger partial charge in [0.05, 0.1) is 25.9 Å². The number of hydrogen-bond donors (Lipinski definition) is 1. The van der Waals surface area contributed by atoms with Gasteiger partial charge in [0.25, 0.3) is 0 Å². The van der Waals surface area contributed by atoms with Gasteiger partial charge in [-0.25, -0.2) is 4.79 Å². The first-order valence-corrected chi connectivity index (χ1v) is 11.3. The van der Waals surface area contributed by atoms with Crippen LogP contribution in [0.25, 0.3) is 6.08 Å². The monoisotopic (exact) mass is 445 g/mol. The summed E-state index contributed by atoms with van der Waals surface area (Å²) in [6.45, 7) is 8.94. The molecule has 1 aromatic heterocycles. The number of methoxy groups -OCH3 is 1. The fourth-order valence-electron chi connectivity index (χ4n) is 2.71. The molecule has 1 heterocycles. The molecule has 1 amide bonds. The first-order valence-electron chi connectivity index (χ1n) is 10.5. The fourth-order valence-corrected chi connectivity index (χ4v) is 3.69. The van der Waals surface area contributed by atoms with E-state index in [1.54, 1.807) is 26.2 Å². The highest BCUT2D eigenvalue weighted by atomic mass is 32.1. The van der Waals surface area contributed by atoms with Crippen LogP contribution in [0.15, 0.2) is 30.3 Å². The molecule has 0 saturated carbocycles. The van der Waals surface area contributed by atoms with E-state index in [-0.39, 0.29) is 12.5 Å². The number of ether oxygens (including phenoxy) is 3. The van der Waals surface area contributed by atoms with Gasteiger partial charge in [0.15, 0.2) is 11.5 Å². The summed E-state index contributed by atoms with van der Waals surface area (Å²) in [6.07, 6.45) is 4.85. The van der Waals surface area contributed by atoms with E-state index in [2.05, 4.69) is 19.2 Å². The average Bonchev–Trinajstić information content (AvgIpc) is 3.15. The number of aryl methyl sites for hydroxylation is 1. The van der Waals surface area contributed by atoms with E-state index in [4.69, 9.17) is 14.2 Å². The lowest BCUT2D eigenvalue weighted by molar-refractivity contribution is -0.111. The highest BCUT2D eigenvalue weighted by Gasteiger charge is 2.18. The number of amides is 1.